The Kier molecular flexibility index (Phi) is 5.41. The molecule has 1 amide bonds. The van der Waals surface area contributed by atoms with E-state index in [9.17, 15) is 4.79 Å². The van der Waals surface area contributed by atoms with Crippen molar-refractivity contribution in [3.63, 3.8) is 0 Å². The first-order valence-electron chi connectivity index (χ1n) is 7.87. The van der Waals surface area contributed by atoms with Gasteiger partial charge in [-0.1, -0.05) is 51.1 Å². The quantitative estimate of drug-likeness (QED) is 0.815. The van der Waals surface area contributed by atoms with E-state index >= 15 is 0 Å². The molecule has 0 fully saturated rings. The molecule has 0 unspecified atom stereocenters. The molecule has 0 spiro atoms. The summed E-state index contributed by atoms with van der Waals surface area (Å²) in [6.07, 6.45) is 1.81. The highest BCUT2D eigenvalue weighted by atomic mass is 32.1. The summed E-state index contributed by atoms with van der Waals surface area (Å²) in [6.45, 7) is 8.63. The summed E-state index contributed by atoms with van der Waals surface area (Å²) < 4.78 is 0. The number of carbonyl (C=O) groups is 1. The van der Waals surface area contributed by atoms with Gasteiger partial charge in [-0.25, -0.2) is 0 Å². The SMILES string of the molecule is CCc1ccsc1C(=O)N[C@H](C)CC(C)(C)c1ccccc1. The molecule has 118 valence electrons. The molecule has 0 radical (unpaired) electrons. The molecule has 0 saturated heterocycles. The van der Waals surface area contributed by atoms with Crippen LogP contribution in [0.15, 0.2) is 41.8 Å². The average molecular weight is 315 g/mol. The number of benzene rings is 1. The predicted octanol–water partition coefficient (Wildman–Crippen LogP) is 4.80. The summed E-state index contributed by atoms with van der Waals surface area (Å²) in [5, 5.41) is 5.15. The molecule has 1 heterocycles. The van der Waals surface area contributed by atoms with Gasteiger partial charge < -0.3 is 5.32 Å². The summed E-state index contributed by atoms with van der Waals surface area (Å²) in [5.74, 6) is 0.0585. The fraction of sp³-hybridized carbons (Fsp3) is 0.421. The fourth-order valence-corrected chi connectivity index (χ4v) is 3.82. The topological polar surface area (TPSA) is 29.1 Å². The third kappa shape index (κ3) is 3.98. The molecule has 1 atom stereocenters. The maximum absolute atomic E-state index is 12.4. The van der Waals surface area contributed by atoms with E-state index in [-0.39, 0.29) is 17.4 Å². The van der Waals surface area contributed by atoms with Gasteiger partial charge in [0, 0.05) is 6.04 Å². The standard InChI is InChI=1S/C19H25NOS/c1-5-15-11-12-22-17(15)18(21)20-14(2)13-19(3,4)16-9-7-6-8-10-16/h6-12,14H,5,13H2,1-4H3,(H,20,21)/t14-/m1/s1. The zero-order valence-corrected chi connectivity index (χ0v) is 14.7. The summed E-state index contributed by atoms with van der Waals surface area (Å²) in [4.78, 5) is 13.3. The average Bonchev–Trinajstić information content (AvgIpc) is 2.96. The monoisotopic (exact) mass is 315 g/mol. The number of thiophene rings is 1. The molecule has 0 aliphatic heterocycles. The van der Waals surface area contributed by atoms with Gasteiger partial charge in [-0.3, -0.25) is 4.79 Å². The molecule has 2 nitrogen and oxygen atoms in total. The Bertz CT molecular complexity index is 615. The second-order valence-corrected chi connectivity index (χ2v) is 7.37. The van der Waals surface area contributed by atoms with Crippen LogP contribution < -0.4 is 5.32 Å². The minimum absolute atomic E-state index is 0.0387. The van der Waals surface area contributed by atoms with Crippen molar-refractivity contribution < 1.29 is 4.79 Å². The molecule has 1 N–H and O–H groups in total. The highest BCUT2D eigenvalue weighted by Gasteiger charge is 2.24. The van der Waals surface area contributed by atoms with Gasteiger partial charge in [0.05, 0.1) is 4.88 Å². The fourth-order valence-electron chi connectivity index (χ4n) is 2.93. The highest BCUT2D eigenvalue weighted by Crippen LogP contribution is 2.28. The molecular weight excluding hydrogens is 290 g/mol. The van der Waals surface area contributed by atoms with Crippen molar-refractivity contribution in [1.82, 2.24) is 5.32 Å². The summed E-state index contributed by atoms with van der Waals surface area (Å²) in [6, 6.07) is 12.7. The largest absolute Gasteiger partial charge is 0.349 e. The minimum Gasteiger partial charge on any atom is -0.349 e. The Morgan fingerprint density at radius 2 is 1.91 bits per heavy atom. The van der Waals surface area contributed by atoms with E-state index in [1.54, 1.807) is 0 Å². The zero-order valence-electron chi connectivity index (χ0n) is 13.8. The smallest absolute Gasteiger partial charge is 0.261 e. The van der Waals surface area contributed by atoms with Crippen LogP contribution in [0.1, 0.15) is 54.9 Å². The van der Waals surface area contributed by atoms with Crippen LogP contribution in [-0.4, -0.2) is 11.9 Å². The summed E-state index contributed by atoms with van der Waals surface area (Å²) in [5.41, 5.74) is 2.48. The van der Waals surface area contributed by atoms with E-state index in [0.29, 0.717) is 0 Å². The van der Waals surface area contributed by atoms with Gasteiger partial charge in [0.25, 0.3) is 5.91 Å². The predicted molar refractivity (Wildman–Crippen MR) is 94.7 cm³/mol. The van der Waals surface area contributed by atoms with Gasteiger partial charge in [0.1, 0.15) is 0 Å². The third-order valence-corrected chi connectivity index (χ3v) is 5.04. The van der Waals surface area contributed by atoms with Crippen LogP contribution in [-0.2, 0) is 11.8 Å². The van der Waals surface area contributed by atoms with E-state index in [1.165, 1.54) is 16.9 Å². The molecule has 1 aromatic carbocycles. The molecule has 1 aromatic heterocycles. The van der Waals surface area contributed by atoms with Crippen LogP contribution in [0.2, 0.25) is 0 Å². The number of hydrogen-bond acceptors (Lipinski definition) is 2. The maximum Gasteiger partial charge on any atom is 0.261 e. The number of nitrogens with one attached hydrogen (secondary N) is 1. The summed E-state index contributed by atoms with van der Waals surface area (Å²) >= 11 is 1.53. The van der Waals surface area contributed by atoms with Crippen LogP contribution in [0.3, 0.4) is 0 Å². The maximum atomic E-state index is 12.4. The Morgan fingerprint density at radius 3 is 2.55 bits per heavy atom. The Labute approximate surface area is 137 Å². The lowest BCUT2D eigenvalue weighted by Crippen LogP contribution is -2.37. The van der Waals surface area contributed by atoms with Gasteiger partial charge in [0.15, 0.2) is 0 Å². The second kappa shape index (κ2) is 7.10. The molecule has 22 heavy (non-hydrogen) atoms. The number of hydrogen-bond donors (Lipinski definition) is 1. The number of rotatable bonds is 6. The van der Waals surface area contributed by atoms with Crippen molar-refractivity contribution in [3.8, 4) is 0 Å². The van der Waals surface area contributed by atoms with E-state index < -0.39 is 0 Å². The van der Waals surface area contributed by atoms with Gasteiger partial charge in [-0.15, -0.1) is 11.3 Å². The van der Waals surface area contributed by atoms with Crippen LogP contribution in [0.5, 0.6) is 0 Å². The van der Waals surface area contributed by atoms with Crippen LogP contribution in [0.25, 0.3) is 0 Å². The van der Waals surface area contributed by atoms with Crippen LogP contribution in [0, 0.1) is 0 Å². The molecule has 2 rings (SSSR count). The van der Waals surface area contributed by atoms with Gasteiger partial charge in [-0.05, 0) is 47.8 Å². The van der Waals surface area contributed by atoms with E-state index in [1.807, 2.05) is 17.5 Å². The lowest BCUT2D eigenvalue weighted by molar-refractivity contribution is 0.0938. The minimum atomic E-state index is 0.0387. The van der Waals surface area contributed by atoms with Crippen LogP contribution >= 0.6 is 11.3 Å². The highest BCUT2D eigenvalue weighted by molar-refractivity contribution is 7.12. The third-order valence-electron chi connectivity index (χ3n) is 4.08. The van der Waals surface area contributed by atoms with E-state index in [0.717, 1.165) is 23.3 Å². The van der Waals surface area contributed by atoms with Crippen molar-refractivity contribution >= 4 is 17.2 Å². The molecule has 0 saturated carbocycles. The Balaban J connectivity index is 2.01. The van der Waals surface area contributed by atoms with E-state index in [4.69, 9.17) is 0 Å². The van der Waals surface area contributed by atoms with Crippen molar-refractivity contribution in [2.45, 2.75) is 52.0 Å². The number of aryl methyl sites for hydroxylation is 1. The van der Waals surface area contributed by atoms with Gasteiger partial charge in [-0.2, -0.15) is 0 Å². The number of carbonyl (C=O) groups excluding carboxylic acids is 1. The molecule has 0 bridgehead atoms. The Hall–Kier alpha value is -1.61. The lowest BCUT2D eigenvalue weighted by atomic mass is 9.79. The first-order chi connectivity index (χ1) is 10.4. The normalized spacial score (nSPS) is 12.9. The zero-order chi connectivity index (χ0) is 16.2. The number of amides is 1. The second-order valence-electron chi connectivity index (χ2n) is 6.46. The van der Waals surface area contributed by atoms with Crippen LogP contribution in [0.4, 0.5) is 0 Å². The lowest BCUT2D eigenvalue weighted by Gasteiger charge is -2.29. The Morgan fingerprint density at radius 1 is 1.23 bits per heavy atom. The molecule has 3 heteroatoms. The molecule has 0 aliphatic carbocycles. The van der Waals surface area contributed by atoms with E-state index in [2.05, 4.69) is 57.3 Å². The molecule has 2 aromatic rings. The first-order valence-corrected chi connectivity index (χ1v) is 8.74. The van der Waals surface area contributed by atoms with Gasteiger partial charge in [0.2, 0.25) is 0 Å². The molecular formula is C19H25NOS. The molecule has 0 aliphatic rings. The van der Waals surface area contributed by atoms with Crippen molar-refractivity contribution in [1.29, 1.82) is 0 Å². The van der Waals surface area contributed by atoms with Crippen molar-refractivity contribution in [3.05, 3.63) is 57.8 Å². The van der Waals surface area contributed by atoms with Crippen molar-refractivity contribution in [2.24, 2.45) is 0 Å². The summed E-state index contributed by atoms with van der Waals surface area (Å²) in [7, 11) is 0. The van der Waals surface area contributed by atoms with Gasteiger partial charge >= 0.3 is 0 Å². The van der Waals surface area contributed by atoms with Crippen molar-refractivity contribution in [2.75, 3.05) is 0 Å². The first kappa shape index (κ1) is 16.8.